The number of piperidine rings is 1. The van der Waals surface area contributed by atoms with Gasteiger partial charge in [0.25, 0.3) is 0 Å². The highest BCUT2D eigenvalue weighted by Crippen LogP contribution is 2.33. The van der Waals surface area contributed by atoms with E-state index in [0.717, 1.165) is 25.6 Å². The number of phenolic OH excluding ortho intramolecular Hbond substituents is 1. The van der Waals surface area contributed by atoms with Crippen molar-refractivity contribution in [3.63, 3.8) is 0 Å². The number of likely N-dealkylation sites (N-methyl/N-ethyl adjacent to an activating group) is 1. The van der Waals surface area contributed by atoms with Crippen LogP contribution in [0.15, 0.2) is 12.1 Å². The molecule has 0 aliphatic carbocycles. The molecule has 0 aromatic heterocycles. The van der Waals surface area contributed by atoms with Crippen LogP contribution in [0.3, 0.4) is 0 Å². The zero-order valence-corrected chi connectivity index (χ0v) is 16.3. The number of halogens is 2. The van der Waals surface area contributed by atoms with Crippen molar-refractivity contribution in [2.24, 2.45) is 5.41 Å². The number of aromatic hydroxyl groups is 1. The van der Waals surface area contributed by atoms with Gasteiger partial charge in [-0.3, -0.25) is 10.2 Å². The van der Waals surface area contributed by atoms with E-state index in [1.807, 2.05) is 7.05 Å². The monoisotopic (exact) mass is 371 g/mol. The molecule has 3 atom stereocenters. The number of phenols is 1. The SMILES string of the molecule is CC(NC(CO)N(C)C1CCN(C)CC1(C)C)c1ccc(O)c(F)c1F. The molecule has 148 valence electrons. The van der Waals surface area contributed by atoms with Gasteiger partial charge in [-0.05, 0) is 45.5 Å². The van der Waals surface area contributed by atoms with Crippen molar-refractivity contribution in [2.75, 3.05) is 33.8 Å². The summed E-state index contributed by atoms with van der Waals surface area (Å²) < 4.78 is 27.8. The molecule has 0 amide bonds. The Kier molecular flexibility index (Phi) is 6.60. The number of benzene rings is 1. The Hall–Kier alpha value is -1.28. The van der Waals surface area contributed by atoms with Gasteiger partial charge >= 0.3 is 0 Å². The molecule has 5 nitrogen and oxygen atoms in total. The maximum Gasteiger partial charge on any atom is 0.200 e. The fourth-order valence-electron chi connectivity index (χ4n) is 4.15. The number of likely N-dealkylation sites (tertiary alicyclic amines) is 1. The lowest BCUT2D eigenvalue weighted by Crippen LogP contribution is -2.60. The van der Waals surface area contributed by atoms with E-state index in [1.54, 1.807) is 6.92 Å². The van der Waals surface area contributed by atoms with Gasteiger partial charge in [-0.2, -0.15) is 4.39 Å². The molecular formula is C19H31F2N3O2. The zero-order chi connectivity index (χ0) is 19.6. The first kappa shape index (κ1) is 21.0. The van der Waals surface area contributed by atoms with Crippen LogP contribution in [-0.4, -0.2) is 66.0 Å². The van der Waals surface area contributed by atoms with Crippen LogP contribution in [0.25, 0.3) is 0 Å². The fraction of sp³-hybridized carbons (Fsp3) is 0.684. The third-order valence-electron chi connectivity index (χ3n) is 5.52. The highest BCUT2D eigenvalue weighted by atomic mass is 19.2. The van der Waals surface area contributed by atoms with Gasteiger partial charge in [-0.25, -0.2) is 4.39 Å². The van der Waals surface area contributed by atoms with Crippen molar-refractivity contribution in [1.82, 2.24) is 15.1 Å². The van der Waals surface area contributed by atoms with Crippen molar-refractivity contribution >= 4 is 0 Å². The van der Waals surface area contributed by atoms with E-state index < -0.39 is 29.6 Å². The summed E-state index contributed by atoms with van der Waals surface area (Å²) in [6.07, 6.45) is 0.573. The summed E-state index contributed by atoms with van der Waals surface area (Å²) in [6.45, 7) is 7.90. The van der Waals surface area contributed by atoms with Gasteiger partial charge in [0, 0.05) is 24.2 Å². The molecule has 26 heavy (non-hydrogen) atoms. The van der Waals surface area contributed by atoms with Crippen LogP contribution in [0.4, 0.5) is 8.78 Å². The predicted octanol–water partition coefficient (Wildman–Crippen LogP) is 2.30. The molecular weight excluding hydrogens is 340 g/mol. The molecule has 3 unspecified atom stereocenters. The second kappa shape index (κ2) is 8.17. The Morgan fingerprint density at radius 3 is 2.58 bits per heavy atom. The van der Waals surface area contributed by atoms with Crippen LogP contribution in [0.1, 0.15) is 38.8 Å². The lowest BCUT2D eigenvalue weighted by atomic mass is 9.78. The van der Waals surface area contributed by atoms with Crippen LogP contribution in [0, 0.1) is 17.0 Å². The van der Waals surface area contributed by atoms with Crippen LogP contribution >= 0.6 is 0 Å². The van der Waals surface area contributed by atoms with Crippen molar-refractivity contribution < 1.29 is 19.0 Å². The Morgan fingerprint density at radius 1 is 1.35 bits per heavy atom. The highest BCUT2D eigenvalue weighted by Gasteiger charge is 2.39. The van der Waals surface area contributed by atoms with Crippen molar-refractivity contribution in [2.45, 2.75) is 45.4 Å². The molecule has 0 spiro atoms. The second-order valence-electron chi connectivity index (χ2n) is 8.08. The highest BCUT2D eigenvalue weighted by molar-refractivity contribution is 5.31. The van der Waals surface area contributed by atoms with Crippen LogP contribution in [0.2, 0.25) is 0 Å². The van der Waals surface area contributed by atoms with Gasteiger partial charge in [0.1, 0.15) is 0 Å². The van der Waals surface area contributed by atoms with Gasteiger partial charge in [0.15, 0.2) is 11.6 Å². The Morgan fingerprint density at radius 2 is 2.00 bits per heavy atom. The van der Waals surface area contributed by atoms with E-state index in [-0.39, 0.29) is 23.6 Å². The molecule has 1 fully saturated rings. The van der Waals surface area contributed by atoms with E-state index in [9.17, 15) is 19.0 Å². The summed E-state index contributed by atoms with van der Waals surface area (Å²) >= 11 is 0. The standard InChI is InChI=1S/C19H31F2N3O2/c1-12(13-6-7-14(26)18(21)17(13)20)22-16(10-25)24(5)15-8-9-23(4)11-19(15,2)3/h6-7,12,15-16,22,25-26H,8-11H2,1-5H3. The van der Waals surface area contributed by atoms with Gasteiger partial charge in [0.2, 0.25) is 5.82 Å². The Balaban J connectivity index is 2.14. The Bertz CT molecular complexity index is 627. The van der Waals surface area contributed by atoms with E-state index >= 15 is 0 Å². The third kappa shape index (κ3) is 4.34. The summed E-state index contributed by atoms with van der Waals surface area (Å²) in [6, 6.07) is 2.22. The summed E-state index contributed by atoms with van der Waals surface area (Å²) in [5.74, 6) is -3.02. The molecule has 0 bridgehead atoms. The summed E-state index contributed by atoms with van der Waals surface area (Å²) in [5, 5.41) is 22.4. The molecule has 1 aromatic rings. The molecule has 0 radical (unpaired) electrons. The molecule has 1 heterocycles. The second-order valence-corrected chi connectivity index (χ2v) is 8.08. The van der Waals surface area contributed by atoms with Crippen molar-refractivity contribution in [3.05, 3.63) is 29.3 Å². The summed E-state index contributed by atoms with van der Waals surface area (Å²) in [5.41, 5.74) is 0.158. The molecule has 0 saturated carbocycles. The minimum absolute atomic E-state index is 0.0377. The average Bonchev–Trinajstić information content (AvgIpc) is 2.56. The molecule has 7 heteroatoms. The number of nitrogens with zero attached hydrogens (tertiary/aromatic N) is 2. The molecule has 1 aromatic carbocycles. The maximum atomic E-state index is 14.1. The first-order valence-corrected chi connectivity index (χ1v) is 9.02. The normalized spacial score (nSPS) is 23.2. The molecule has 1 aliphatic heterocycles. The molecule has 3 N–H and O–H groups in total. The van der Waals surface area contributed by atoms with Gasteiger partial charge in [-0.1, -0.05) is 19.9 Å². The minimum Gasteiger partial charge on any atom is -0.505 e. The number of aliphatic hydroxyl groups is 1. The maximum absolute atomic E-state index is 14.1. The zero-order valence-electron chi connectivity index (χ0n) is 16.3. The Labute approximate surface area is 154 Å². The van der Waals surface area contributed by atoms with Crippen LogP contribution in [0.5, 0.6) is 5.75 Å². The van der Waals surface area contributed by atoms with E-state index in [0.29, 0.717) is 0 Å². The first-order chi connectivity index (χ1) is 12.1. The molecule has 2 rings (SSSR count). The van der Waals surface area contributed by atoms with Crippen molar-refractivity contribution in [1.29, 1.82) is 0 Å². The molecule has 1 aliphatic rings. The quantitative estimate of drug-likeness (QED) is 0.670. The van der Waals surface area contributed by atoms with Crippen molar-refractivity contribution in [3.8, 4) is 5.75 Å². The first-order valence-electron chi connectivity index (χ1n) is 9.02. The van der Waals surface area contributed by atoms with E-state index in [4.69, 9.17) is 0 Å². The summed E-state index contributed by atoms with van der Waals surface area (Å²) in [4.78, 5) is 4.39. The van der Waals surface area contributed by atoms with Gasteiger partial charge < -0.3 is 15.1 Å². The number of nitrogens with one attached hydrogen (secondary N) is 1. The number of hydrogen-bond acceptors (Lipinski definition) is 5. The van der Waals surface area contributed by atoms with E-state index in [2.05, 4.69) is 36.0 Å². The summed E-state index contributed by atoms with van der Waals surface area (Å²) in [7, 11) is 4.05. The van der Waals surface area contributed by atoms with Gasteiger partial charge in [-0.15, -0.1) is 0 Å². The third-order valence-corrected chi connectivity index (χ3v) is 5.52. The van der Waals surface area contributed by atoms with E-state index in [1.165, 1.54) is 6.07 Å². The van der Waals surface area contributed by atoms with Crippen LogP contribution < -0.4 is 5.32 Å². The predicted molar refractivity (Wildman–Crippen MR) is 97.9 cm³/mol. The lowest BCUT2D eigenvalue weighted by molar-refractivity contribution is -0.0174. The number of hydrogen-bond donors (Lipinski definition) is 3. The lowest BCUT2D eigenvalue weighted by Gasteiger charge is -2.49. The topological polar surface area (TPSA) is 59.0 Å². The van der Waals surface area contributed by atoms with Gasteiger partial charge in [0.05, 0.1) is 12.8 Å². The fourth-order valence-corrected chi connectivity index (χ4v) is 4.15. The molecule has 1 saturated heterocycles. The van der Waals surface area contributed by atoms with Crippen LogP contribution in [-0.2, 0) is 0 Å². The average molecular weight is 371 g/mol. The number of rotatable bonds is 6. The number of aliphatic hydroxyl groups excluding tert-OH is 1. The smallest absolute Gasteiger partial charge is 0.200 e. The minimum atomic E-state index is -1.25. The largest absolute Gasteiger partial charge is 0.505 e.